The van der Waals surface area contributed by atoms with Crippen LogP contribution in [0.1, 0.15) is 5.56 Å². The minimum absolute atomic E-state index is 0.641. The molecule has 0 spiro atoms. The summed E-state index contributed by atoms with van der Waals surface area (Å²) in [4.78, 5) is 4.79. The average Bonchev–Trinajstić information content (AvgIpc) is 3.56. The number of fused-ring (bicyclic) bond motifs is 2. The molecule has 0 N–H and O–H groups in total. The van der Waals surface area contributed by atoms with E-state index in [-0.39, 0.29) is 0 Å². The number of rotatable bonds is 5. The van der Waals surface area contributed by atoms with Crippen molar-refractivity contribution in [1.29, 1.82) is 0 Å². The van der Waals surface area contributed by atoms with Gasteiger partial charge in [-0.15, -0.1) is 11.3 Å². The van der Waals surface area contributed by atoms with E-state index in [0.29, 0.717) is 0 Å². The first-order valence-electron chi connectivity index (χ1n) is 15.3. The van der Waals surface area contributed by atoms with E-state index in [0.717, 1.165) is 61.6 Å². The number of halogens is 3. The van der Waals surface area contributed by atoms with Gasteiger partial charge in [0, 0.05) is 5.56 Å². The molecule has 1 nitrogen and oxygen atoms in total. The van der Waals surface area contributed by atoms with Crippen molar-refractivity contribution in [2.45, 2.75) is 6.18 Å². The Kier molecular flexibility index (Phi) is 7.19. The second kappa shape index (κ2) is 11.7. The van der Waals surface area contributed by atoms with Crippen molar-refractivity contribution < 1.29 is 13.2 Å². The SMILES string of the molecule is FC(F)(F)c1ccc(-c2ccc(-c3ccc(-c4ccc5cc(-c6ccc(-c7nc8ccccc8s7)cc6)ccc5c4)cc3)cc2)cc1. The van der Waals surface area contributed by atoms with Gasteiger partial charge in [0.25, 0.3) is 0 Å². The minimum atomic E-state index is -4.34. The van der Waals surface area contributed by atoms with Gasteiger partial charge in [-0.2, -0.15) is 13.2 Å². The molecule has 0 saturated heterocycles. The maximum absolute atomic E-state index is 12.9. The van der Waals surface area contributed by atoms with Crippen LogP contribution >= 0.6 is 11.3 Å². The van der Waals surface area contributed by atoms with Crippen LogP contribution in [-0.4, -0.2) is 4.98 Å². The molecular formula is C42H26F3NS. The zero-order valence-electron chi connectivity index (χ0n) is 25.0. The second-order valence-corrected chi connectivity index (χ2v) is 12.6. The highest BCUT2D eigenvalue weighted by Gasteiger charge is 2.30. The third-order valence-corrected chi connectivity index (χ3v) is 9.67. The van der Waals surface area contributed by atoms with Gasteiger partial charge >= 0.3 is 6.18 Å². The van der Waals surface area contributed by atoms with E-state index in [9.17, 15) is 13.2 Å². The molecule has 0 amide bonds. The molecule has 1 heterocycles. The van der Waals surface area contributed by atoms with Gasteiger partial charge in [0.05, 0.1) is 15.8 Å². The van der Waals surface area contributed by atoms with Crippen LogP contribution in [0.5, 0.6) is 0 Å². The molecule has 0 unspecified atom stereocenters. The summed E-state index contributed by atoms with van der Waals surface area (Å²) >= 11 is 1.72. The molecule has 1 aromatic heterocycles. The van der Waals surface area contributed by atoms with Crippen molar-refractivity contribution in [3.8, 4) is 55.1 Å². The lowest BCUT2D eigenvalue weighted by Crippen LogP contribution is -2.03. The van der Waals surface area contributed by atoms with Crippen molar-refractivity contribution in [3.05, 3.63) is 163 Å². The quantitative estimate of drug-likeness (QED) is 0.184. The van der Waals surface area contributed by atoms with Gasteiger partial charge in [-0.1, -0.05) is 121 Å². The fourth-order valence-electron chi connectivity index (χ4n) is 5.97. The lowest BCUT2D eigenvalue weighted by atomic mass is 9.95. The summed E-state index contributed by atoms with van der Waals surface area (Å²) < 4.78 is 39.9. The van der Waals surface area contributed by atoms with E-state index in [1.165, 1.54) is 38.7 Å². The Labute approximate surface area is 274 Å². The Bertz CT molecular complexity index is 2320. The Morgan fingerprint density at radius 2 is 0.787 bits per heavy atom. The van der Waals surface area contributed by atoms with E-state index in [4.69, 9.17) is 4.98 Å². The average molecular weight is 634 g/mol. The summed E-state index contributed by atoms with van der Waals surface area (Å²) in [5, 5.41) is 3.40. The fraction of sp³-hybridized carbons (Fsp3) is 0.0238. The number of hydrogen-bond acceptors (Lipinski definition) is 2. The number of nitrogens with zero attached hydrogens (tertiary/aromatic N) is 1. The third-order valence-electron chi connectivity index (χ3n) is 8.58. The van der Waals surface area contributed by atoms with E-state index < -0.39 is 11.7 Å². The van der Waals surface area contributed by atoms with Crippen LogP contribution < -0.4 is 0 Å². The lowest BCUT2D eigenvalue weighted by molar-refractivity contribution is -0.137. The van der Waals surface area contributed by atoms with E-state index in [2.05, 4.69) is 97.1 Å². The molecule has 0 atom stereocenters. The number of thiazole rings is 1. The molecule has 0 bridgehead atoms. The first kappa shape index (κ1) is 28.9. The van der Waals surface area contributed by atoms with Crippen LogP contribution in [0.4, 0.5) is 13.2 Å². The van der Waals surface area contributed by atoms with Crippen molar-refractivity contribution in [1.82, 2.24) is 4.98 Å². The predicted octanol–water partition coefficient (Wildman–Crippen LogP) is 12.8. The zero-order chi connectivity index (χ0) is 32.0. The summed E-state index contributed by atoms with van der Waals surface area (Å²) in [6, 6.07) is 51.7. The Hall–Kier alpha value is -5.52. The molecule has 47 heavy (non-hydrogen) atoms. The van der Waals surface area contributed by atoms with Crippen molar-refractivity contribution in [2.75, 3.05) is 0 Å². The maximum Gasteiger partial charge on any atom is 0.416 e. The highest BCUT2D eigenvalue weighted by Crippen LogP contribution is 2.35. The van der Waals surface area contributed by atoms with Gasteiger partial charge < -0.3 is 0 Å². The van der Waals surface area contributed by atoms with Crippen LogP contribution in [0.3, 0.4) is 0 Å². The molecule has 0 saturated carbocycles. The fourth-order valence-corrected chi connectivity index (χ4v) is 6.94. The monoisotopic (exact) mass is 633 g/mol. The van der Waals surface area contributed by atoms with Crippen molar-refractivity contribution in [3.63, 3.8) is 0 Å². The van der Waals surface area contributed by atoms with E-state index >= 15 is 0 Å². The number of benzene rings is 7. The molecule has 7 aromatic carbocycles. The molecule has 0 radical (unpaired) electrons. The normalized spacial score (nSPS) is 11.7. The van der Waals surface area contributed by atoms with Crippen LogP contribution in [0.2, 0.25) is 0 Å². The molecule has 8 rings (SSSR count). The van der Waals surface area contributed by atoms with E-state index in [1.807, 2.05) is 36.4 Å². The first-order valence-corrected chi connectivity index (χ1v) is 16.1. The topological polar surface area (TPSA) is 12.9 Å². The Morgan fingerprint density at radius 1 is 0.404 bits per heavy atom. The number of aromatic nitrogens is 1. The highest BCUT2D eigenvalue weighted by molar-refractivity contribution is 7.21. The standard InChI is InChI=1S/C42H26F3NS/c43-42(44,45)38-23-21-30(22-24-38)29-7-5-27(6-8-29)28-9-11-31(12-10-28)34-17-19-37-26-35(18-20-36(37)25-34)32-13-15-33(16-14-32)41-46-39-3-1-2-4-40(39)47-41/h1-26H. The largest absolute Gasteiger partial charge is 0.416 e. The number of para-hydroxylation sites is 1. The third kappa shape index (κ3) is 5.82. The predicted molar refractivity (Wildman–Crippen MR) is 189 cm³/mol. The van der Waals surface area contributed by atoms with Crippen LogP contribution in [0.15, 0.2) is 158 Å². The lowest BCUT2D eigenvalue weighted by Gasteiger charge is -2.10. The number of hydrogen-bond donors (Lipinski definition) is 0. The summed E-state index contributed by atoms with van der Waals surface area (Å²) in [5.74, 6) is 0. The van der Waals surface area contributed by atoms with Gasteiger partial charge in [-0.05, 0) is 91.7 Å². The molecule has 0 aliphatic heterocycles. The molecule has 8 aromatic rings. The van der Waals surface area contributed by atoms with Gasteiger partial charge in [-0.25, -0.2) is 4.98 Å². The molecule has 226 valence electrons. The first-order chi connectivity index (χ1) is 22.9. The van der Waals surface area contributed by atoms with Crippen molar-refractivity contribution >= 4 is 32.3 Å². The van der Waals surface area contributed by atoms with Crippen LogP contribution in [0, 0.1) is 0 Å². The zero-order valence-corrected chi connectivity index (χ0v) is 25.8. The van der Waals surface area contributed by atoms with Crippen molar-refractivity contribution in [2.24, 2.45) is 0 Å². The van der Waals surface area contributed by atoms with Crippen LogP contribution in [-0.2, 0) is 6.18 Å². The second-order valence-electron chi connectivity index (χ2n) is 11.6. The molecule has 0 aliphatic carbocycles. The summed E-state index contributed by atoms with van der Waals surface area (Å²) in [6.45, 7) is 0. The van der Waals surface area contributed by atoms with E-state index in [1.54, 1.807) is 11.3 Å². The molecular weight excluding hydrogens is 608 g/mol. The van der Waals surface area contributed by atoms with Gasteiger partial charge in [-0.3, -0.25) is 0 Å². The summed E-state index contributed by atoms with van der Waals surface area (Å²) in [6.07, 6.45) is -4.34. The summed E-state index contributed by atoms with van der Waals surface area (Å²) in [7, 11) is 0. The Morgan fingerprint density at radius 3 is 1.23 bits per heavy atom. The number of alkyl halides is 3. The van der Waals surface area contributed by atoms with Gasteiger partial charge in [0.15, 0.2) is 0 Å². The maximum atomic E-state index is 12.9. The highest BCUT2D eigenvalue weighted by atomic mass is 32.1. The molecule has 5 heteroatoms. The van der Waals surface area contributed by atoms with Crippen LogP contribution in [0.25, 0.3) is 76.1 Å². The van der Waals surface area contributed by atoms with Gasteiger partial charge in [0.2, 0.25) is 0 Å². The summed E-state index contributed by atoms with van der Waals surface area (Å²) in [5.41, 5.74) is 9.90. The minimum Gasteiger partial charge on any atom is -0.236 e. The Balaban J connectivity index is 0.979. The molecule has 0 aliphatic rings. The smallest absolute Gasteiger partial charge is 0.236 e. The molecule has 0 fully saturated rings. The van der Waals surface area contributed by atoms with Gasteiger partial charge in [0.1, 0.15) is 5.01 Å².